The maximum atomic E-state index is 12.2. The quantitative estimate of drug-likeness (QED) is 0.355. The first-order valence-electron chi connectivity index (χ1n) is 10.7. The monoisotopic (exact) mass is 379 g/mol. The van der Waals surface area contributed by atoms with E-state index in [1.807, 2.05) is 0 Å². The molecule has 2 fully saturated rings. The number of carbonyl (C=O) groups is 2. The Morgan fingerprint density at radius 2 is 1.74 bits per heavy atom. The number of rotatable bonds is 7. The van der Waals surface area contributed by atoms with Crippen LogP contribution in [0.15, 0.2) is 4.99 Å². The number of likely N-dealkylation sites (tertiary alicyclic amines) is 1. The predicted octanol–water partition coefficient (Wildman–Crippen LogP) is 1.50. The normalized spacial score (nSPS) is 19.6. The van der Waals surface area contributed by atoms with E-state index in [1.54, 1.807) is 7.05 Å². The molecule has 0 unspecified atom stereocenters. The Hall–Kier alpha value is -1.79. The van der Waals surface area contributed by atoms with Crippen LogP contribution in [-0.2, 0) is 9.59 Å². The highest BCUT2D eigenvalue weighted by molar-refractivity contribution is 5.80. The lowest BCUT2D eigenvalue weighted by Crippen LogP contribution is -2.46. The lowest BCUT2D eigenvalue weighted by molar-refractivity contribution is -0.126. The van der Waals surface area contributed by atoms with Gasteiger partial charge in [-0.25, -0.2) is 0 Å². The SMILES string of the molecule is CCNC(=NCCNC(=O)C1CCCCC1)N1CCC(CC(=O)NC)CC1. The van der Waals surface area contributed by atoms with Crippen molar-refractivity contribution >= 4 is 17.8 Å². The van der Waals surface area contributed by atoms with Gasteiger partial charge in [0.2, 0.25) is 11.8 Å². The molecule has 2 aliphatic rings. The van der Waals surface area contributed by atoms with E-state index in [4.69, 9.17) is 4.99 Å². The van der Waals surface area contributed by atoms with Crippen molar-refractivity contribution in [2.45, 2.75) is 58.3 Å². The largest absolute Gasteiger partial charge is 0.359 e. The van der Waals surface area contributed by atoms with Gasteiger partial charge < -0.3 is 20.9 Å². The first-order valence-corrected chi connectivity index (χ1v) is 10.7. The van der Waals surface area contributed by atoms with Crippen LogP contribution in [-0.4, -0.2) is 62.4 Å². The summed E-state index contributed by atoms with van der Waals surface area (Å²) in [5.41, 5.74) is 0. The van der Waals surface area contributed by atoms with Gasteiger partial charge in [0, 0.05) is 45.6 Å². The number of hydrogen-bond donors (Lipinski definition) is 3. The number of carbonyl (C=O) groups excluding carboxylic acids is 2. The van der Waals surface area contributed by atoms with Crippen molar-refractivity contribution in [3.8, 4) is 0 Å². The molecule has 0 aromatic rings. The fraction of sp³-hybridized carbons (Fsp3) is 0.850. The van der Waals surface area contributed by atoms with E-state index in [0.29, 0.717) is 25.4 Å². The maximum Gasteiger partial charge on any atom is 0.223 e. The Morgan fingerprint density at radius 1 is 1.04 bits per heavy atom. The fourth-order valence-corrected chi connectivity index (χ4v) is 3.99. The summed E-state index contributed by atoms with van der Waals surface area (Å²) in [6, 6.07) is 0. The number of guanidine groups is 1. The summed E-state index contributed by atoms with van der Waals surface area (Å²) >= 11 is 0. The van der Waals surface area contributed by atoms with Gasteiger partial charge in [-0.15, -0.1) is 0 Å². The maximum absolute atomic E-state index is 12.2. The summed E-state index contributed by atoms with van der Waals surface area (Å²) in [5, 5.41) is 9.12. The minimum atomic E-state index is 0.128. The van der Waals surface area contributed by atoms with Crippen LogP contribution in [0.2, 0.25) is 0 Å². The number of nitrogens with zero attached hydrogens (tertiary/aromatic N) is 2. The summed E-state index contributed by atoms with van der Waals surface area (Å²) in [4.78, 5) is 30.7. The van der Waals surface area contributed by atoms with Gasteiger partial charge in [0.05, 0.1) is 6.54 Å². The highest BCUT2D eigenvalue weighted by Gasteiger charge is 2.23. The smallest absolute Gasteiger partial charge is 0.223 e. The number of amides is 2. The van der Waals surface area contributed by atoms with Crippen molar-refractivity contribution < 1.29 is 9.59 Å². The Bertz CT molecular complexity index is 495. The van der Waals surface area contributed by atoms with Crippen LogP contribution in [0.5, 0.6) is 0 Å². The molecular formula is C20H37N5O2. The van der Waals surface area contributed by atoms with Crippen molar-refractivity contribution in [3.05, 3.63) is 0 Å². The van der Waals surface area contributed by atoms with Gasteiger partial charge >= 0.3 is 0 Å². The number of aliphatic imine (C=N–C) groups is 1. The lowest BCUT2D eigenvalue weighted by Gasteiger charge is -2.34. The molecule has 0 spiro atoms. The summed E-state index contributed by atoms with van der Waals surface area (Å²) in [7, 11) is 1.69. The van der Waals surface area contributed by atoms with Crippen molar-refractivity contribution in [2.75, 3.05) is 39.8 Å². The van der Waals surface area contributed by atoms with Crippen LogP contribution >= 0.6 is 0 Å². The summed E-state index contributed by atoms with van der Waals surface area (Å²) in [5.74, 6) is 1.91. The van der Waals surface area contributed by atoms with Crippen LogP contribution in [0.1, 0.15) is 58.3 Å². The van der Waals surface area contributed by atoms with Gasteiger partial charge in [-0.05, 0) is 38.5 Å². The van der Waals surface area contributed by atoms with Gasteiger partial charge in [-0.1, -0.05) is 19.3 Å². The van der Waals surface area contributed by atoms with Gasteiger partial charge in [0.1, 0.15) is 0 Å². The molecule has 7 nitrogen and oxygen atoms in total. The van der Waals surface area contributed by atoms with E-state index in [0.717, 1.165) is 51.3 Å². The summed E-state index contributed by atoms with van der Waals surface area (Å²) < 4.78 is 0. The molecule has 0 bridgehead atoms. The zero-order chi connectivity index (χ0) is 19.5. The van der Waals surface area contributed by atoms with Gasteiger partial charge in [-0.2, -0.15) is 0 Å². The molecule has 154 valence electrons. The molecule has 1 saturated carbocycles. The van der Waals surface area contributed by atoms with Crippen molar-refractivity contribution in [3.63, 3.8) is 0 Å². The second-order valence-electron chi connectivity index (χ2n) is 7.67. The molecule has 0 aromatic heterocycles. The first kappa shape index (κ1) is 21.5. The molecule has 2 amide bonds. The highest BCUT2D eigenvalue weighted by Crippen LogP contribution is 2.23. The molecule has 7 heteroatoms. The van der Waals surface area contributed by atoms with E-state index in [9.17, 15) is 9.59 Å². The van der Waals surface area contributed by atoms with Crippen molar-refractivity contribution in [1.29, 1.82) is 0 Å². The van der Waals surface area contributed by atoms with Crippen molar-refractivity contribution in [1.82, 2.24) is 20.9 Å². The second-order valence-corrected chi connectivity index (χ2v) is 7.67. The predicted molar refractivity (Wildman–Crippen MR) is 109 cm³/mol. The number of piperidine rings is 1. The minimum absolute atomic E-state index is 0.128. The van der Waals surface area contributed by atoms with Crippen LogP contribution < -0.4 is 16.0 Å². The van der Waals surface area contributed by atoms with Gasteiger partial charge in [-0.3, -0.25) is 14.6 Å². The number of nitrogens with one attached hydrogen (secondary N) is 3. The molecule has 0 aromatic carbocycles. The topological polar surface area (TPSA) is 85.8 Å². The molecule has 1 saturated heterocycles. The number of hydrogen-bond acceptors (Lipinski definition) is 3. The molecule has 1 heterocycles. The van der Waals surface area contributed by atoms with Crippen LogP contribution in [0.25, 0.3) is 0 Å². The Kier molecular flexibility index (Phi) is 9.42. The molecule has 2 rings (SSSR count). The van der Waals surface area contributed by atoms with Gasteiger partial charge in [0.25, 0.3) is 0 Å². The second kappa shape index (κ2) is 11.8. The molecule has 3 N–H and O–H groups in total. The molecule has 0 radical (unpaired) electrons. The lowest BCUT2D eigenvalue weighted by atomic mass is 9.89. The van der Waals surface area contributed by atoms with Crippen LogP contribution in [0, 0.1) is 11.8 Å². The zero-order valence-corrected chi connectivity index (χ0v) is 17.1. The molecule has 27 heavy (non-hydrogen) atoms. The molecule has 0 atom stereocenters. The average molecular weight is 380 g/mol. The zero-order valence-electron chi connectivity index (χ0n) is 17.1. The highest BCUT2D eigenvalue weighted by atomic mass is 16.2. The van der Waals surface area contributed by atoms with Crippen LogP contribution in [0.4, 0.5) is 0 Å². The average Bonchev–Trinajstić information content (AvgIpc) is 2.71. The molecule has 1 aliphatic carbocycles. The minimum Gasteiger partial charge on any atom is -0.359 e. The third kappa shape index (κ3) is 7.39. The van der Waals surface area contributed by atoms with E-state index >= 15 is 0 Å². The summed E-state index contributed by atoms with van der Waals surface area (Å²) in [6.45, 7) is 5.92. The third-order valence-electron chi connectivity index (χ3n) is 5.65. The van der Waals surface area contributed by atoms with Crippen LogP contribution in [0.3, 0.4) is 0 Å². The Balaban J connectivity index is 1.73. The van der Waals surface area contributed by atoms with E-state index in [-0.39, 0.29) is 17.7 Å². The first-order chi connectivity index (χ1) is 13.1. The van der Waals surface area contributed by atoms with E-state index in [2.05, 4.69) is 27.8 Å². The fourth-order valence-electron chi connectivity index (χ4n) is 3.99. The summed E-state index contributed by atoms with van der Waals surface area (Å²) in [6.07, 6.45) is 8.32. The van der Waals surface area contributed by atoms with E-state index < -0.39 is 0 Å². The van der Waals surface area contributed by atoms with Crippen molar-refractivity contribution in [2.24, 2.45) is 16.8 Å². The van der Waals surface area contributed by atoms with E-state index in [1.165, 1.54) is 19.3 Å². The Morgan fingerprint density at radius 3 is 2.37 bits per heavy atom. The third-order valence-corrected chi connectivity index (χ3v) is 5.65. The Labute approximate surface area is 163 Å². The van der Waals surface area contributed by atoms with Gasteiger partial charge in [0.15, 0.2) is 5.96 Å². The molecular weight excluding hydrogens is 342 g/mol. The standard InChI is InChI=1S/C20H37N5O2/c1-3-22-20(25-13-9-16(10-14-25)15-18(26)21-2)24-12-11-23-19(27)17-7-5-4-6-8-17/h16-17H,3-15H2,1-2H3,(H,21,26)(H,22,24)(H,23,27). The molecule has 1 aliphatic heterocycles.